The van der Waals surface area contributed by atoms with Crippen molar-refractivity contribution in [2.75, 3.05) is 0 Å². The van der Waals surface area contributed by atoms with Crippen molar-refractivity contribution in [1.82, 2.24) is 5.32 Å². The fraction of sp³-hybridized carbons (Fsp3) is 0.231. The summed E-state index contributed by atoms with van der Waals surface area (Å²) >= 11 is 0. The van der Waals surface area contributed by atoms with E-state index >= 15 is 0 Å². The maximum atomic E-state index is 12.8. The van der Waals surface area contributed by atoms with Crippen LogP contribution in [0.15, 0.2) is 66.2 Å². The molecule has 1 saturated carbocycles. The number of hydrogen-bond acceptors (Lipinski definition) is 5. The van der Waals surface area contributed by atoms with Crippen LogP contribution >= 0.6 is 0 Å². The van der Waals surface area contributed by atoms with E-state index in [1.54, 1.807) is 18.2 Å². The van der Waals surface area contributed by atoms with Crippen molar-refractivity contribution in [2.24, 2.45) is 0 Å². The van der Waals surface area contributed by atoms with E-state index in [4.69, 9.17) is 4.74 Å². The topological polar surface area (TPSA) is 105 Å². The first-order valence-electron chi connectivity index (χ1n) is 10.9. The number of nitrogens with one attached hydrogen (secondary N) is 1. The summed E-state index contributed by atoms with van der Waals surface area (Å²) in [6.45, 7) is 0.188. The Morgan fingerprint density at radius 2 is 1.85 bits per heavy atom. The quantitative estimate of drug-likeness (QED) is 0.232. The van der Waals surface area contributed by atoms with Crippen LogP contribution in [0.2, 0.25) is 0 Å². The van der Waals surface area contributed by atoms with Crippen molar-refractivity contribution in [3.05, 3.63) is 87.5 Å². The molecule has 0 aliphatic heterocycles. The number of hydrogen-bond donors (Lipinski definition) is 1. The van der Waals surface area contributed by atoms with Crippen LogP contribution in [-0.4, -0.2) is 16.9 Å². The van der Waals surface area contributed by atoms with Crippen molar-refractivity contribution in [3.63, 3.8) is 0 Å². The van der Waals surface area contributed by atoms with Crippen molar-refractivity contribution < 1.29 is 14.5 Å². The molecule has 7 heteroatoms. The van der Waals surface area contributed by atoms with Crippen molar-refractivity contribution >= 4 is 28.4 Å². The number of nitro groups is 1. The summed E-state index contributed by atoms with van der Waals surface area (Å²) in [6, 6.07) is 19.7. The highest BCUT2D eigenvalue weighted by atomic mass is 16.6. The highest BCUT2D eigenvalue weighted by Crippen LogP contribution is 2.31. The molecule has 1 fully saturated rings. The first-order valence-corrected chi connectivity index (χ1v) is 10.9. The molecule has 0 radical (unpaired) electrons. The Labute approximate surface area is 191 Å². The molecular formula is C26H23N3O4. The van der Waals surface area contributed by atoms with Gasteiger partial charge >= 0.3 is 0 Å². The molecule has 1 aliphatic carbocycles. The van der Waals surface area contributed by atoms with Crippen molar-refractivity contribution in [1.29, 1.82) is 5.26 Å². The molecule has 1 N–H and O–H groups in total. The minimum absolute atomic E-state index is 0.0139. The second-order valence-electron chi connectivity index (χ2n) is 8.04. The molecule has 166 valence electrons. The lowest BCUT2D eigenvalue weighted by Gasteiger charge is -2.14. The van der Waals surface area contributed by atoms with E-state index in [0.717, 1.165) is 42.0 Å². The zero-order valence-electron chi connectivity index (χ0n) is 18.0. The van der Waals surface area contributed by atoms with E-state index < -0.39 is 4.92 Å². The maximum absolute atomic E-state index is 12.8. The largest absolute Gasteiger partial charge is 0.488 e. The van der Waals surface area contributed by atoms with Gasteiger partial charge in [0.2, 0.25) is 0 Å². The van der Waals surface area contributed by atoms with Crippen LogP contribution in [0, 0.1) is 21.4 Å². The van der Waals surface area contributed by atoms with Gasteiger partial charge in [-0.15, -0.1) is 0 Å². The molecule has 3 aromatic rings. The van der Waals surface area contributed by atoms with E-state index in [9.17, 15) is 20.2 Å². The molecule has 1 aliphatic rings. The molecule has 0 heterocycles. The molecule has 0 bridgehead atoms. The van der Waals surface area contributed by atoms with Gasteiger partial charge < -0.3 is 10.1 Å². The van der Waals surface area contributed by atoms with E-state index in [1.807, 2.05) is 42.5 Å². The standard InChI is InChI=1S/C26H23N3O4/c27-16-20(26(30)28-21-6-2-3-7-21)15-24-23-8-4-1-5-19(23)11-14-25(24)33-17-18-9-12-22(13-10-18)29(31)32/h1,4-5,8-15,21H,2-3,6-7,17H2,(H,28,30)/b20-15-. The second-order valence-corrected chi connectivity index (χ2v) is 8.04. The Balaban J connectivity index is 1.64. The molecule has 4 rings (SSSR count). The molecule has 0 spiro atoms. The molecule has 7 nitrogen and oxygen atoms in total. The Bertz CT molecular complexity index is 1250. The average molecular weight is 441 g/mol. The average Bonchev–Trinajstić information content (AvgIpc) is 3.34. The monoisotopic (exact) mass is 441 g/mol. The van der Waals surface area contributed by atoms with E-state index in [-0.39, 0.29) is 29.8 Å². The van der Waals surface area contributed by atoms with Gasteiger partial charge in [-0.2, -0.15) is 5.26 Å². The number of rotatable bonds is 7. The fourth-order valence-corrected chi connectivity index (χ4v) is 4.05. The van der Waals surface area contributed by atoms with Crippen LogP contribution in [0.5, 0.6) is 5.75 Å². The normalized spacial score (nSPS) is 14.1. The van der Waals surface area contributed by atoms with Gasteiger partial charge in [-0.25, -0.2) is 0 Å². The minimum atomic E-state index is -0.448. The number of non-ortho nitro benzene ring substituents is 1. The van der Waals surface area contributed by atoms with Gasteiger partial charge in [0.25, 0.3) is 11.6 Å². The van der Waals surface area contributed by atoms with Gasteiger partial charge in [-0.05, 0) is 53.5 Å². The van der Waals surface area contributed by atoms with Crippen LogP contribution in [-0.2, 0) is 11.4 Å². The molecular weight excluding hydrogens is 418 g/mol. The smallest absolute Gasteiger partial charge is 0.269 e. The second kappa shape index (κ2) is 9.96. The van der Waals surface area contributed by atoms with Gasteiger partial charge in [-0.3, -0.25) is 14.9 Å². The zero-order chi connectivity index (χ0) is 23.2. The molecule has 0 unspecified atom stereocenters. The summed E-state index contributed by atoms with van der Waals surface area (Å²) in [7, 11) is 0. The third-order valence-corrected chi connectivity index (χ3v) is 5.82. The summed E-state index contributed by atoms with van der Waals surface area (Å²) in [6.07, 6.45) is 5.61. The molecule has 0 aromatic heterocycles. The predicted molar refractivity (Wildman–Crippen MR) is 125 cm³/mol. The molecule has 1 amide bonds. The number of carbonyl (C=O) groups excluding carboxylic acids is 1. The predicted octanol–water partition coefficient (Wildman–Crippen LogP) is 5.29. The van der Waals surface area contributed by atoms with Gasteiger partial charge in [0, 0.05) is 23.7 Å². The van der Waals surface area contributed by atoms with Crippen LogP contribution < -0.4 is 10.1 Å². The third-order valence-electron chi connectivity index (χ3n) is 5.82. The SMILES string of the molecule is N#C/C(=C/c1c(OCc2ccc([N+](=O)[O-])cc2)ccc2ccccc12)C(=O)NC1CCCC1. The summed E-state index contributed by atoms with van der Waals surface area (Å²) in [4.78, 5) is 23.2. The van der Waals surface area contributed by atoms with E-state index in [1.165, 1.54) is 12.1 Å². The van der Waals surface area contributed by atoms with Gasteiger partial charge in [0.15, 0.2) is 0 Å². The lowest BCUT2D eigenvalue weighted by molar-refractivity contribution is -0.384. The number of nitrogens with zero attached hydrogens (tertiary/aromatic N) is 2. The minimum Gasteiger partial charge on any atom is -0.488 e. The van der Waals surface area contributed by atoms with Gasteiger partial charge in [-0.1, -0.05) is 43.2 Å². The lowest BCUT2D eigenvalue weighted by atomic mass is 10.0. The number of ether oxygens (including phenoxy) is 1. The van der Waals surface area contributed by atoms with E-state index in [0.29, 0.717) is 11.3 Å². The van der Waals surface area contributed by atoms with Gasteiger partial charge in [0.05, 0.1) is 4.92 Å². The zero-order valence-corrected chi connectivity index (χ0v) is 18.0. The van der Waals surface area contributed by atoms with Crippen LogP contribution in [0.3, 0.4) is 0 Å². The van der Waals surface area contributed by atoms with Crippen molar-refractivity contribution in [3.8, 4) is 11.8 Å². The lowest BCUT2D eigenvalue weighted by Crippen LogP contribution is -2.33. The Hall–Kier alpha value is -4.18. The summed E-state index contributed by atoms with van der Waals surface area (Å²) in [5, 5.41) is 25.3. The molecule has 33 heavy (non-hydrogen) atoms. The number of amides is 1. The third kappa shape index (κ3) is 5.18. The number of carbonyl (C=O) groups is 1. The molecule has 0 saturated heterocycles. The maximum Gasteiger partial charge on any atom is 0.269 e. The number of nitro benzene ring substituents is 1. The summed E-state index contributed by atoms with van der Waals surface area (Å²) < 4.78 is 6.03. The first kappa shape index (κ1) is 22.0. The highest BCUT2D eigenvalue weighted by Gasteiger charge is 2.20. The molecule has 3 aromatic carbocycles. The van der Waals surface area contributed by atoms with Crippen LogP contribution in [0.1, 0.15) is 36.8 Å². The number of fused-ring (bicyclic) bond motifs is 1. The Morgan fingerprint density at radius 1 is 1.12 bits per heavy atom. The fourth-order valence-electron chi connectivity index (χ4n) is 4.05. The Kier molecular flexibility index (Phi) is 6.65. The van der Waals surface area contributed by atoms with Crippen molar-refractivity contribution in [2.45, 2.75) is 38.3 Å². The summed E-state index contributed by atoms with van der Waals surface area (Å²) in [5.74, 6) is 0.145. The number of benzene rings is 3. The Morgan fingerprint density at radius 3 is 2.55 bits per heavy atom. The highest BCUT2D eigenvalue weighted by molar-refractivity contribution is 6.05. The van der Waals surface area contributed by atoms with E-state index in [2.05, 4.69) is 5.32 Å². The van der Waals surface area contributed by atoms with Crippen LogP contribution in [0.4, 0.5) is 5.69 Å². The number of nitriles is 1. The molecule has 0 atom stereocenters. The first-order chi connectivity index (χ1) is 16.0. The van der Waals surface area contributed by atoms with Crippen LogP contribution in [0.25, 0.3) is 16.8 Å². The van der Waals surface area contributed by atoms with Gasteiger partial charge in [0.1, 0.15) is 24.0 Å². The summed E-state index contributed by atoms with van der Waals surface area (Å²) in [5.41, 5.74) is 1.45.